The summed E-state index contributed by atoms with van der Waals surface area (Å²) in [4.78, 5) is 5.52. The number of halogens is 1. The average molecular weight is 521 g/mol. The van der Waals surface area contributed by atoms with E-state index in [9.17, 15) is 0 Å². The first-order valence-electron chi connectivity index (χ1n) is 15.1. The van der Waals surface area contributed by atoms with Crippen LogP contribution in [0.25, 0.3) is 0 Å². The van der Waals surface area contributed by atoms with Gasteiger partial charge in [0.05, 0.1) is 6.67 Å². The first-order valence-corrected chi connectivity index (χ1v) is 15.4. The maximum Gasteiger partial charge on any atom is 0.0507 e. The number of rotatable bonds is 19. The van der Waals surface area contributed by atoms with Crippen LogP contribution in [-0.2, 0) is 6.42 Å². The van der Waals surface area contributed by atoms with Gasteiger partial charge in [0.2, 0.25) is 0 Å². The third-order valence-corrected chi connectivity index (χ3v) is 8.42. The molecule has 1 saturated heterocycles. The molecule has 0 aliphatic carbocycles. The van der Waals surface area contributed by atoms with E-state index in [2.05, 4.69) is 67.2 Å². The van der Waals surface area contributed by atoms with Crippen LogP contribution < -0.4 is 10.6 Å². The molecule has 1 aliphatic heterocycles. The van der Waals surface area contributed by atoms with Crippen LogP contribution in [0.3, 0.4) is 0 Å². The maximum atomic E-state index is 6.31. The van der Waals surface area contributed by atoms with E-state index < -0.39 is 0 Å². The van der Waals surface area contributed by atoms with Gasteiger partial charge < -0.3 is 10.6 Å². The van der Waals surface area contributed by atoms with Gasteiger partial charge in [-0.15, -0.1) is 0 Å². The van der Waals surface area contributed by atoms with Gasteiger partial charge in [-0.3, -0.25) is 9.80 Å². The second-order valence-electron chi connectivity index (χ2n) is 11.6. The highest BCUT2D eigenvalue weighted by molar-refractivity contribution is 6.31. The van der Waals surface area contributed by atoms with Gasteiger partial charge in [0.1, 0.15) is 0 Å². The molecular formula is C31H57ClN4. The molecule has 1 aromatic carbocycles. The van der Waals surface area contributed by atoms with Gasteiger partial charge in [0.15, 0.2) is 0 Å². The lowest BCUT2D eigenvalue weighted by Gasteiger charge is -2.48. The molecule has 0 aromatic heterocycles. The van der Waals surface area contributed by atoms with Crippen molar-refractivity contribution in [3.63, 3.8) is 0 Å². The summed E-state index contributed by atoms with van der Waals surface area (Å²) in [6.07, 6.45) is 11.6. The molecule has 1 aromatic rings. The summed E-state index contributed by atoms with van der Waals surface area (Å²) in [7, 11) is 0. The highest BCUT2D eigenvalue weighted by Gasteiger charge is 2.35. The number of hydrogen-bond acceptors (Lipinski definition) is 4. The van der Waals surface area contributed by atoms with E-state index in [1.807, 2.05) is 12.1 Å². The van der Waals surface area contributed by atoms with E-state index in [1.54, 1.807) is 0 Å². The van der Waals surface area contributed by atoms with Gasteiger partial charge in [-0.1, -0.05) is 96.0 Å². The predicted octanol–water partition coefficient (Wildman–Crippen LogP) is 6.83. The Hall–Kier alpha value is -0.650. The van der Waals surface area contributed by atoms with E-state index in [1.165, 1.54) is 70.0 Å². The Bertz CT molecular complexity index is 671. The molecule has 2 rings (SSSR count). The fraction of sp³-hybridized carbons (Fsp3) is 0.806. The Kier molecular flexibility index (Phi) is 15.6. The third kappa shape index (κ3) is 11.8. The Balaban J connectivity index is 1.90. The van der Waals surface area contributed by atoms with Crippen molar-refractivity contribution >= 4 is 11.6 Å². The molecule has 0 saturated carbocycles. The second-order valence-corrected chi connectivity index (χ2v) is 12.0. The molecule has 1 heterocycles. The molecule has 2 N–H and O–H groups in total. The van der Waals surface area contributed by atoms with Crippen molar-refractivity contribution in [2.75, 3.05) is 52.5 Å². The summed E-state index contributed by atoms with van der Waals surface area (Å²) >= 11 is 6.31. The molecule has 208 valence electrons. The van der Waals surface area contributed by atoms with E-state index in [-0.39, 0.29) is 5.54 Å². The lowest BCUT2D eigenvalue weighted by Crippen LogP contribution is -2.65. The van der Waals surface area contributed by atoms with Crippen LogP contribution in [0.4, 0.5) is 0 Å². The molecule has 0 bridgehead atoms. The van der Waals surface area contributed by atoms with E-state index in [4.69, 9.17) is 11.6 Å². The summed E-state index contributed by atoms with van der Waals surface area (Å²) in [5.74, 6) is 1.64. The lowest BCUT2D eigenvalue weighted by molar-refractivity contribution is 0.00520. The number of unbranched alkanes of at least 4 members (excludes halogenated alkanes) is 2. The van der Waals surface area contributed by atoms with Gasteiger partial charge in [0, 0.05) is 49.8 Å². The van der Waals surface area contributed by atoms with Crippen molar-refractivity contribution in [3.8, 4) is 0 Å². The summed E-state index contributed by atoms with van der Waals surface area (Å²) < 4.78 is 0. The molecule has 0 radical (unpaired) electrons. The fourth-order valence-electron chi connectivity index (χ4n) is 5.84. The van der Waals surface area contributed by atoms with E-state index in [0.717, 1.165) is 62.7 Å². The van der Waals surface area contributed by atoms with Crippen LogP contribution in [0, 0.1) is 11.8 Å². The van der Waals surface area contributed by atoms with Crippen molar-refractivity contribution in [2.24, 2.45) is 11.8 Å². The minimum Gasteiger partial charge on any atom is -0.315 e. The summed E-state index contributed by atoms with van der Waals surface area (Å²) in [5, 5.41) is 8.46. The van der Waals surface area contributed by atoms with Crippen LogP contribution in [0.15, 0.2) is 24.3 Å². The Morgan fingerprint density at radius 2 is 1.44 bits per heavy atom. The van der Waals surface area contributed by atoms with Crippen LogP contribution in [0.2, 0.25) is 5.02 Å². The minimum absolute atomic E-state index is 0.134. The van der Waals surface area contributed by atoms with E-state index >= 15 is 0 Å². The fourth-order valence-corrected chi connectivity index (χ4v) is 6.07. The van der Waals surface area contributed by atoms with Gasteiger partial charge >= 0.3 is 0 Å². The molecular weight excluding hydrogens is 464 g/mol. The molecule has 5 heteroatoms. The van der Waals surface area contributed by atoms with Gasteiger partial charge in [-0.25, -0.2) is 0 Å². The second kappa shape index (κ2) is 17.8. The van der Waals surface area contributed by atoms with Crippen molar-refractivity contribution in [1.82, 2.24) is 20.4 Å². The van der Waals surface area contributed by atoms with Gasteiger partial charge in [0.25, 0.3) is 0 Å². The van der Waals surface area contributed by atoms with Gasteiger partial charge in [-0.2, -0.15) is 0 Å². The monoisotopic (exact) mass is 520 g/mol. The first-order chi connectivity index (χ1) is 17.4. The van der Waals surface area contributed by atoms with Crippen molar-refractivity contribution < 1.29 is 0 Å². The molecule has 4 nitrogen and oxygen atoms in total. The smallest absolute Gasteiger partial charge is 0.0507 e. The number of hydrogen-bond donors (Lipinski definition) is 2. The molecule has 0 amide bonds. The third-order valence-electron chi connectivity index (χ3n) is 8.05. The number of benzene rings is 1. The largest absolute Gasteiger partial charge is 0.315 e. The molecule has 36 heavy (non-hydrogen) atoms. The molecule has 1 fully saturated rings. The van der Waals surface area contributed by atoms with Gasteiger partial charge in [-0.05, 0) is 56.2 Å². The van der Waals surface area contributed by atoms with Crippen molar-refractivity contribution in [3.05, 3.63) is 34.9 Å². The molecule has 2 atom stereocenters. The quantitative estimate of drug-likeness (QED) is 0.196. The highest BCUT2D eigenvalue weighted by atomic mass is 35.5. The standard InChI is InChI=1S/C31H57ClN4/c1-6-10-14-27(8-3)22-35-24-31(5,25-36(26-35)23-28(9-4)15-11-7-2)34-21-20-33-19-18-29-16-12-13-17-30(29)32/h12-13,16-17,27-28,33-34H,6-11,14-15,18-26H2,1-5H3. The topological polar surface area (TPSA) is 30.5 Å². The highest BCUT2D eigenvalue weighted by Crippen LogP contribution is 2.23. The Labute approximate surface area is 228 Å². The van der Waals surface area contributed by atoms with Crippen molar-refractivity contribution in [2.45, 2.75) is 97.9 Å². The number of nitrogens with one attached hydrogen (secondary N) is 2. The zero-order chi connectivity index (χ0) is 26.2. The molecule has 1 aliphatic rings. The zero-order valence-electron chi connectivity index (χ0n) is 24.3. The van der Waals surface area contributed by atoms with Crippen LogP contribution >= 0.6 is 11.6 Å². The average Bonchev–Trinajstić information content (AvgIpc) is 2.87. The predicted molar refractivity (Wildman–Crippen MR) is 159 cm³/mol. The molecule has 0 spiro atoms. The lowest BCUT2D eigenvalue weighted by atomic mass is 9.93. The zero-order valence-corrected chi connectivity index (χ0v) is 25.0. The van der Waals surface area contributed by atoms with Crippen LogP contribution in [-0.4, -0.2) is 67.8 Å². The minimum atomic E-state index is 0.134. The summed E-state index contributed by atoms with van der Waals surface area (Å²) in [6, 6.07) is 8.18. The molecule has 2 unspecified atom stereocenters. The Morgan fingerprint density at radius 3 is 1.97 bits per heavy atom. The van der Waals surface area contributed by atoms with Crippen LogP contribution in [0.5, 0.6) is 0 Å². The van der Waals surface area contributed by atoms with Crippen LogP contribution in [0.1, 0.15) is 91.5 Å². The van der Waals surface area contributed by atoms with Crippen molar-refractivity contribution in [1.29, 1.82) is 0 Å². The first kappa shape index (κ1) is 31.6. The maximum absolute atomic E-state index is 6.31. The number of nitrogens with zero attached hydrogens (tertiary/aromatic N) is 2. The normalized spacial score (nSPS) is 21.1. The van der Waals surface area contributed by atoms with E-state index in [0.29, 0.717) is 0 Å². The summed E-state index contributed by atoms with van der Waals surface area (Å²) in [5.41, 5.74) is 1.36. The summed E-state index contributed by atoms with van der Waals surface area (Å²) in [6.45, 7) is 20.7. The Morgan fingerprint density at radius 1 is 0.861 bits per heavy atom. The SMILES string of the molecule is CCCCC(CC)CN1CN(CC(CC)CCCC)CC(C)(NCCNCCc2ccccc2Cl)C1.